The van der Waals surface area contributed by atoms with Crippen molar-refractivity contribution in [3.63, 3.8) is 0 Å². The summed E-state index contributed by atoms with van der Waals surface area (Å²) in [6.45, 7) is 3.59. The van der Waals surface area contributed by atoms with Gasteiger partial charge in [-0.15, -0.1) is 0 Å². The standard InChI is InChI=1S/C21H19ClN4O3/c1-13-9-14(2)26(24-13)17-6-4-3-5-16(17)23-20(27)11-25-18-10-15(22)7-8-19(18)29-12-21(25)28/h3-10H,11-12H2,1-2H3,(H,23,27). The van der Waals surface area contributed by atoms with Crippen molar-refractivity contribution in [2.24, 2.45) is 0 Å². The first kappa shape index (κ1) is 19.0. The van der Waals surface area contributed by atoms with Crippen LogP contribution >= 0.6 is 11.6 Å². The van der Waals surface area contributed by atoms with Crippen LogP contribution in [0.4, 0.5) is 11.4 Å². The summed E-state index contributed by atoms with van der Waals surface area (Å²) in [4.78, 5) is 26.5. The highest BCUT2D eigenvalue weighted by molar-refractivity contribution is 6.31. The number of anilines is 2. The number of hydrogen-bond acceptors (Lipinski definition) is 4. The third kappa shape index (κ3) is 3.82. The van der Waals surface area contributed by atoms with Gasteiger partial charge in [0.05, 0.1) is 22.8 Å². The Hall–Kier alpha value is -3.32. The van der Waals surface area contributed by atoms with Crippen LogP contribution in [0.3, 0.4) is 0 Å². The minimum Gasteiger partial charge on any atom is -0.482 e. The molecule has 0 unspecified atom stereocenters. The van der Waals surface area contributed by atoms with Crippen LogP contribution in [0.1, 0.15) is 11.4 Å². The topological polar surface area (TPSA) is 76.5 Å². The third-order valence-electron chi connectivity index (χ3n) is 4.58. The number of benzene rings is 2. The van der Waals surface area contributed by atoms with Gasteiger partial charge >= 0.3 is 0 Å². The Labute approximate surface area is 172 Å². The molecule has 3 aromatic rings. The number of ether oxygens (including phenoxy) is 1. The first-order valence-electron chi connectivity index (χ1n) is 9.07. The molecule has 1 N–H and O–H groups in total. The number of aryl methyl sites for hydroxylation is 2. The highest BCUT2D eigenvalue weighted by Crippen LogP contribution is 2.34. The van der Waals surface area contributed by atoms with Crippen LogP contribution in [-0.4, -0.2) is 34.7 Å². The van der Waals surface area contributed by atoms with Crippen molar-refractivity contribution in [2.75, 3.05) is 23.4 Å². The lowest BCUT2D eigenvalue weighted by molar-refractivity contribution is -0.123. The lowest BCUT2D eigenvalue weighted by atomic mass is 10.2. The smallest absolute Gasteiger partial charge is 0.265 e. The van der Waals surface area contributed by atoms with Crippen LogP contribution in [0, 0.1) is 13.8 Å². The summed E-state index contributed by atoms with van der Waals surface area (Å²) in [5, 5.41) is 7.84. The van der Waals surface area contributed by atoms with Crippen molar-refractivity contribution in [3.8, 4) is 11.4 Å². The van der Waals surface area contributed by atoms with Gasteiger partial charge in [0.2, 0.25) is 5.91 Å². The molecule has 0 bridgehead atoms. The van der Waals surface area contributed by atoms with Gasteiger partial charge in [0.1, 0.15) is 12.3 Å². The summed E-state index contributed by atoms with van der Waals surface area (Å²) in [7, 11) is 0. The Balaban J connectivity index is 1.58. The fraction of sp³-hybridized carbons (Fsp3) is 0.190. The molecule has 0 fully saturated rings. The fourth-order valence-electron chi connectivity index (χ4n) is 3.32. The zero-order chi connectivity index (χ0) is 20.5. The lowest BCUT2D eigenvalue weighted by Crippen LogP contribution is -2.43. The predicted octanol–water partition coefficient (Wildman–Crippen LogP) is 3.51. The van der Waals surface area contributed by atoms with Crippen LogP contribution in [0.15, 0.2) is 48.5 Å². The molecule has 0 atom stereocenters. The number of nitrogens with one attached hydrogen (secondary N) is 1. The highest BCUT2D eigenvalue weighted by Gasteiger charge is 2.28. The summed E-state index contributed by atoms with van der Waals surface area (Å²) in [6.07, 6.45) is 0. The quantitative estimate of drug-likeness (QED) is 0.714. The van der Waals surface area contributed by atoms with E-state index in [1.807, 2.05) is 38.1 Å². The number of hydrogen-bond donors (Lipinski definition) is 1. The summed E-state index contributed by atoms with van der Waals surface area (Å²) < 4.78 is 7.20. The molecule has 0 saturated carbocycles. The van der Waals surface area contributed by atoms with Crippen LogP contribution in [-0.2, 0) is 9.59 Å². The van der Waals surface area contributed by atoms with E-state index < -0.39 is 0 Å². The van der Waals surface area contributed by atoms with Crippen molar-refractivity contribution >= 4 is 34.8 Å². The number of nitrogens with zero attached hydrogens (tertiary/aromatic N) is 3. The molecule has 7 nitrogen and oxygen atoms in total. The van der Waals surface area contributed by atoms with Crippen molar-refractivity contribution in [1.29, 1.82) is 0 Å². The first-order chi connectivity index (χ1) is 13.9. The number of rotatable bonds is 4. The molecule has 0 saturated heterocycles. The number of carbonyl (C=O) groups is 2. The molecule has 1 aromatic heterocycles. The van der Waals surface area contributed by atoms with E-state index in [4.69, 9.17) is 16.3 Å². The van der Waals surface area contributed by atoms with E-state index >= 15 is 0 Å². The third-order valence-corrected chi connectivity index (χ3v) is 4.82. The second-order valence-electron chi connectivity index (χ2n) is 6.78. The van der Waals surface area contributed by atoms with E-state index in [-0.39, 0.29) is 25.0 Å². The molecule has 4 rings (SSSR count). The van der Waals surface area contributed by atoms with Gasteiger partial charge in [0, 0.05) is 10.7 Å². The molecule has 148 valence electrons. The van der Waals surface area contributed by atoms with E-state index in [1.165, 1.54) is 4.90 Å². The zero-order valence-electron chi connectivity index (χ0n) is 16.0. The molecule has 2 aromatic carbocycles. The number of amides is 2. The van der Waals surface area contributed by atoms with Crippen LogP contribution in [0.2, 0.25) is 5.02 Å². The molecule has 1 aliphatic rings. The van der Waals surface area contributed by atoms with E-state index in [0.29, 0.717) is 22.1 Å². The van der Waals surface area contributed by atoms with Gasteiger partial charge in [-0.25, -0.2) is 4.68 Å². The Morgan fingerprint density at radius 3 is 2.72 bits per heavy atom. The van der Waals surface area contributed by atoms with Gasteiger partial charge in [0.25, 0.3) is 5.91 Å². The molecule has 29 heavy (non-hydrogen) atoms. The summed E-state index contributed by atoms with van der Waals surface area (Å²) in [5.41, 5.74) is 3.68. The van der Waals surface area contributed by atoms with Gasteiger partial charge in [0.15, 0.2) is 6.61 Å². The monoisotopic (exact) mass is 410 g/mol. The second kappa shape index (κ2) is 7.60. The maximum atomic E-state index is 12.8. The maximum absolute atomic E-state index is 12.8. The van der Waals surface area contributed by atoms with Crippen LogP contribution in [0.25, 0.3) is 5.69 Å². The lowest BCUT2D eigenvalue weighted by Gasteiger charge is -2.29. The molecule has 0 spiro atoms. The van der Waals surface area contributed by atoms with Gasteiger partial charge in [-0.2, -0.15) is 5.10 Å². The minimum atomic E-state index is -0.333. The summed E-state index contributed by atoms with van der Waals surface area (Å²) in [6, 6.07) is 14.3. The molecule has 0 aliphatic carbocycles. The summed E-state index contributed by atoms with van der Waals surface area (Å²) in [5.74, 6) is -0.119. The van der Waals surface area contributed by atoms with Gasteiger partial charge in [-0.3, -0.25) is 14.5 Å². The van der Waals surface area contributed by atoms with E-state index in [9.17, 15) is 9.59 Å². The maximum Gasteiger partial charge on any atom is 0.265 e. The number of aromatic nitrogens is 2. The minimum absolute atomic E-state index is 0.121. The first-order valence-corrected chi connectivity index (χ1v) is 9.45. The predicted molar refractivity (Wildman–Crippen MR) is 111 cm³/mol. The Morgan fingerprint density at radius 2 is 1.97 bits per heavy atom. The van der Waals surface area contributed by atoms with Crippen molar-refractivity contribution < 1.29 is 14.3 Å². The van der Waals surface area contributed by atoms with Crippen molar-refractivity contribution in [2.45, 2.75) is 13.8 Å². The molecule has 8 heteroatoms. The number of fused-ring (bicyclic) bond motifs is 1. The fourth-order valence-corrected chi connectivity index (χ4v) is 3.49. The van der Waals surface area contributed by atoms with Crippen LogP contribution < -0.4 is 15.0 Å². The number of carbonyl (C=O) groups excluding carboxylic acids is 2. The molecular formula is C21H19ClN4O3. The zero-order valence-corrected chi connectivity index (χ0v) is 16.7. The molecule has 1 aliphatic heterocycles. The SMILES string of the molecule is Cc1cc(C)n(-c2ccccc2NC(=O)CN2C(=O)COc3ccc(Cl)cc32)n1. The van der Waals surface area contributed by atoms with Gasteiger partial charge < -0.3 is 10.1 Å². The Morgan fingerprint density at radius 1 is 1.17 bits per heavy atom. The Kier molecular flexibility index (Phi) is 4.98. The van der Waals surface area contributed by atoms with E-state index in [0.717, 1.165) is 17.1 Å². The average Bonchev–Trinajstić information content (AvgIpc) is 3.02. The molecular weight excluding hydrogens is 392 g/mol. The summed E-state index contributed by atoms with van der Waals surface area (Å²) >= 11 is 6.06. The van der Waals surface area contributed by atoms with Gasteiger partial charge in [-0.05, 0) is 50.2 Å². The van der Waals surface area contributed by atoms with Gasteiger partial charge in [-0.1, -0.05) is 23.7 Å². The van der Waals surface area contributed by atoms with Crippen molar-refractivity contribution in [1.82, 2.24) is 9.78 Å². The molecule has 2 amide bonds. The Bertz CT molecular complexity index is 1110. The number of halogens is 1. The normalized spacial score (nSPS) is 13.1. The molecule has 0 radical (unpaired) electrons. The molecule has 2 heterocycles. The second-order valence-corrected chi connectivity index (χ2v) is 7.22. The van der Waals surface area contributed by atoms with E-state index in [1.54, 1.807) is 28.9 Å². The highest BCUT2D eigenvalue weighted by atomic mass is 35.5. The van der Waals surface area contributed by atoms with Crippen molar-refractivity contribution in [3.05, 3.63) is 64.9 Å². The van der Waals surface area contributed by atoms with Crippen LogP contribution in [0.5, 0.6) is 5.75 Å². The average molecular weight is 411 g/mol. The number of para-hydroxylation sites is 2. The largest absolute Gasteiger partial charge is 0.482 e. The van der Waals surface area contributed by atoms with E-state index in [2.05, 4.69) is 10.4 Å².